The van der Waals surface area contributed by atoms with Gasteiger partial charge < -0.3 is 9.47 Å². The lowest BCUT2D eigenvalue weighted by Gasteiger charge is -2.10. The molecule has 0 atom stereocenters. The van der Waals surface area contributed by atoms with E-state index in [4.69, 9.17) is 9.47 Å². The molecule has 1 amide bonds. The number of para-hydroxylation sites is 1. The van der Waals surface area contributed by atoms with Gasteiger partial charge >= 0.3 is 0 Å². The number of thiophene rings is 1. The van der Waals surface area contributed by atoms with Crippen LogP contribution in [0.5, 0.6) is 11.5 Å². The van der Waals surface area contributed by atoms with Crippen LogP contribution >= 0.6 is 11.3 Å². The summed E-state index contributed by atoms with van der Waals surface area (Å²) in [7, 11) is 0. The Labute approximate surface area is 168 Å². The fourth-order valence-electron chi connectivity index (χ4n) is 2.47. The van der Waals surface area contributed by atoms with Crippen molar-refractivity contribution in [3.8, 4) is 11.5 Å². The van der Waals surface area contributed by atoms with E-state index in [-0.39, 0.29) is 5.91 Å². The van der Waals surface area contributed by atoms with Crippen LogP contribution in [0, 0.1) is 6.92 Å². The summed E-state index contributed by atoms with van der Waals surface area (Å²) in [5.41, 5.74) is 4.52. The van der Waals surface area contributed by atoms with Crippen LogP contribution in [0.3, 0.4) is 0 Å². The van der Waals surface area contributed by atoms with Crippen molar-refractivity contribution in [1.29, 1.82) is 0 Å². The first-order chi connectivity index (χ1) is 13.7. The molecule has 1 heterocycles. The Hall–Kier alpha value is -3.12. The van der Waals surface area contributed by atoms with Crippen LogP contribution in [0.2, 0.25) is 0 Å². The molecule has 0 fully saturated rings. The molecule has 6 heteroatoms. The fraction of sp³-hybridized carbons (Fsp3) is 0.182. The number of nitrogens with zero attached hydrogens (tertiary/aromatic N) is 1. The van der Waals surface area contributed by atoms with E-state index in [2.05, 4.69) is 10.5 Å². The first kappa shape index (κ1) is 19.6. The lowest BCUT2D eigenvalue weighted by Crippen LogP contribution is -2.19. The van der Waals surface area contributed by atoms with Gasteiger partial charge in [0.05, 0.1) is 12.6 Å². The number of rotatable bonds is 9. The molecule has 1 N–H and O–H groups in total. The van der Waals surface area contributed by atoms with Gasteiger partial charge in [0.2, 0.25) is 5.91 Å². The first-order valence-corrected chi connectivity index (χ1v) is 9.84. The van der Waals surface area contributed by atoms with Crippen LogP contribution in [0.15, 0.2) is 71.1 Å². The molecule has 0 aliphatic heterocycles. The predicted octanol–water partition coefficient (Wildman–Crippen LogP) is 4.21. The number of hydrazone groups is 1. The highest BCUT2D eigenvalue weighted by Crippen LogP contribution is 2.16. The van der Waals surface area contributed by atoms with E-state index in [0.717, 1.165) is 27.5 Å². The van der Waals surface area contributed by atoms with Crippen molar-refractivity contribution in [2.75, 3.05) is 13.2 Å². The molecule has 0 aliphatic carbocycles. The smallest absolute Gasteiger partial charge is 0.245 e. The number of carbonyl (C=O) groups is 1. The summed E-state index contributed by atoms with van der Waals surface area (Å²) in [6.45, 7) is 2.95. The predicted molar refractivity (Wildman–Crippen MR) is 112 cm³/mol. The minimum atomic E-state index is -0.132. The van der Waals surface area contributed by atoms with Crippen molar-refractivity contribution in [2.45, 2.75) is 13.3 Å². The van der Waals surface area contributed by atoms with Crippen LogP contribution in [0.25, 0.3) is 0 Å². The lowest BCUT2D eigenvalue weighted by molar-refractivity contribution is -0.120. The molecule has 3 aromatic rings. The van der Waals surface area contributed by atoms with Crippen molar-refractivity contribution < 1.29 is 14.3 Å². The topological polar surface area (TPSA) is 59.9 Å². The van der Waals surface area contributed by atoms with Gasteiger partial charge in [-0.3, -0.25) is 4.79 Å². The molecule has 0 spiro atoms. The molecular weight excluding hydrogens is 372 g/mol. The van der Waals surface area contributed by atoms with Gasteiger partial charge in [0.1, 0.15) is 24.7 Å². The molecule has 28 heavy (non-hydrogen) atoms. The zero-order valence-electron chi connectivity index (χ0n) is 15.6. The zero-order chi connectivity index (χ0) is 19.6. The maximum Gasteiger partial charge on any atom is 0.245 e. The lowest BCUT2D eigenvalue weighted by atomic mass is 10.2. The molecule has 0 saturated carbocycles. The number of aryl methyl sites for hydroxylation is 1. The number of hydrogen-bond acceptors (Lipinski definition) is 5. The summed E-state index contributed by atoms with van der Waals surface area (Å²) in [5.74, 6) is 1.50. The van der Waals surface area contributed by atoms with Crippen molar-refractivity contribution in [1.82, 2.24) is 5.43 Å². The Kier molecular flexibility index (Phi) is 7.21. The van der Waals surface area contributed by atoms with Crippen LogP contribution in [-0.2, 0) is 11.2 Å². The van der Waals surface area contributed by atoms with Gasteiger partial charge in [0.25, 0.3) is 0 Å². The number of hydrogen-bond donors (Lipinski definition) is 1. The molecule has 3 rings (SSSR count). The van der Waals surface area contributed by atoms with E-state index >= 15 is 0 Å². The quantitative estimate of drug-likeness (QED) is 0.336. The van der Waals surface area contributed by atoms with Crippen molar-refractivity contribution in [3.05, 3.63) is 82.0 Å². The average molecular weight is 394 g/mol. The van der Waals surface area contributed by atoms with Gasteiger partial charge in [-0.15, -0.1) is 11.3 Å². The summed E-state index contributed by atoms with van der Waals surface area (Å²) in [6, 6.07) is 19.2. The Morgan fingerprint density at radius 1 is 1.04 bits per heavy atom. The van der Waals surface area contributed by atoms with Gasteiger partial charge in [0.15, 0.2) is 0 Å². The van der Waals surface area contributed by atoms with Crippen LogP contribution in [-0.4, -0.2) is 25.3 Å². The minimum absolute atomic E-state index is 0.132. The SMILES string of the molecule is Cc1ccccc1OCCOc1ccc(/C=N\NC(=O)Cc2cccs2)cc1. The molecule has 0 radical (unpaired) electrons. The van der Waals surface area contributed by atoms with Gasteiger partial charge in [0, 0.05) is 4.88 Å². The van der Waals surface area contributed by atoms with Crippen LogP contribution < -0.4 is 14.9 Å². The Morgan fingerprint density at radius 3 is 2.57 bits per heavy atom. The minimum Gasteiger partial charge on any atom is -0.490 e. The van der Waals surface area contributed by atoms with Gasteiger partial charge in [-0.1, -0.05) is 24.3 Å². The van der Waals surface area contributed by atoms with Crippen LogP contribution in [0.4, 0.5) is 0 Å². The second-order valence-corrected chi connectivity index (χ2v) is 7.11. The maximum atomic E-state index is 11.8. The number of ether oxygens (including phenoxy) is 2. The van der Waals surface area contributed by atoms with Gasteiger partial charge in [-0.2, -0.15) is 5.10 Å². The van der Waals surface area contributed by atoms with E-state index in [1.165, 1.54) is 0 Å². The first-order valence-electron chi connectivity index (χ1n) is 8.96. The molecule has 144 valence electrons. The normalized spacial score (nSPS) is 10.8. The molecule has 1 aromatic heterocycles. The van der Waals surface area contributed by atoms with E-state index in [0.29, 0.717) is 19.6 Å². The second kappa shape index (κ2) is 10.3. The standard InChI is InChI=1S/C22H22N2O3S/c1-17-5-2-3-7-21(17)27-13-12-26-19-10-8-18(9-11-19)16-23-24-22(25)15-20-6-4-14-28-20/h2-11,14,16H,12-13,15H2,1H3,(H,24,25)/b23-16-. The number of carbonyl (C=O) groups excluding carboxylic acids is 1. The van der Waals surface area contributed by atoms with E-state index in [1.54, 1.807) is 17.6 Å². The largest absolute Gasteiger partial charge is 0.490 e. The van der Waals surface area contributed by atoms with Gasteiger partial charge in [-0.05, 0) is 59.8 Å². The third-order valence-electron chi connectivity index (χ3n) is 3.90. The van der Waals surface area contributed by atoms with E-state index < -0.39 is 0 Å². The van der Waals surface area contributed by atoms with E-state index in [1.807, 2.05) is 73.0 Å². The van der Waals surface area contributed by atoms with E-state index in [9.17, 15) is 4.79 Å². The zero-order valence-corrected chi connectivity index (χ0v) is 16.4. The summed E-state index contributed by atoms with van der Waals surface area (Å²) < 4.78 is 11.4. The molecule has 2 aromatic carbocycles. The fourth-order valence-corrected chi connectivity index (χ4v) is 3.17. The highest BCUT2D eigenvalue weighted by molar-refractivity contribution is 7.10. The van der Waals surface area contributed by atoms with Crippen molar-refractivity contribution >= 4 is 23.5 Å². The molecule has 5 nitrogen and oxygen atoms in total. The monoisotopic (exact) mass is 394 g/mol. The summed E-state index contributed by atoms with van der Waals surface area (Å²) in [4.78, 5) is 12.8. The van der Waals surface area contributed by atoms with Crippen molar-refractivity contribution in [3.63, 3.8) is 0 Å². The molecule has 0 unspecified atom stereocenters. The summed E-state index contributed by atoms with van der Waals surface area (Å²) in [6.07, 6.45) is 1.95. The average Bonchev–Trinajstić information content (AvgIpc) is 3.20. The Morgan fingerprint density at radius 2 is 1.82 bits per heavy atom. The summed E-state index contributed by atoms with van der Waals surface area (Å²) >= 11 is 1.55. The third-order valence-corrected chi connectivity index (χ3v) is 4.78. The molecule has 0 aliphatic rings. The Bertz CT molecular complexity index is 906. The van der Waals surface area contributed by atoms with Crippen molar-refractivity contribution in [2.24, 2.45) is 5.10 Å². The third kappa shape index (κ3) is 6.25. The molecular formula is C22H22N2O3S. The Balaban J connectivity index is 1.38. The maximum absolute atomic E-state index is 11.8. The highest BCUT2D eigenvalue weighted by Gasteiger charge is 2.02. The van der Waals surface area contributed by atoms with Crippen LogP contribution in [0.1, 0.15) is 16.0 Å². The summed E-state index contributed by atoms with van der Waals surface area (Å²) in [5, 5.41) is 5.94. The number of benzene rings is 2. The number of amides is 1. The number of nitrogens with one attached hydrogen (secondary N) is 1. The molecule has 0 bridgehead atoms. The second-order valence-electron chi connectivity index (χ2n) is 6.08. The van der Waals surface area contributed by atoms with Gasteiger partial charge in [-0.25, -0.2) is 5.43 Å². The highest BCUT2D eigenvalue weighted by atomic mass is 32.1. The molecule has 0 saturated heterocycles.